The summed E-state index contributed by atoms with van der Waals surface area (Å²) in [4.78, 5) is 37.5. The van der Waals surface area contributed by atoms with Gasteiger partial charge in [-0.15, -0.1) is 0 Å². The molecule has 0 aliphatic carbocycles. The van der Waals surface area contributed by atoms with E-state index in [1.54, 1.807) is 13.8 Å². The summed E-state index contributed by atoms with van der Waals surface area (Å²) in [5.74, 6) is -2.51. The van der Waals surface area contributed by atoms with Gasteiger partial charge >= 0.3 is 12.2 Å². The van der Waals surface area contributed by atoms with Crippen molar-refractivity contribution in [3.8, 4) is 0 Å². The summed E-state index contributed by atoms with van der Waals surface area (Å²) in [6.45, 7) is 4.33. The minimum atomic E-state index is -2.19. The van der Waals surface area contributed by atoms with Gasteiger partial charge in [-0.05, 0) is 27.2 Å². The average Bonchev–Trinajstić information content (AvgIpc) is 2.35. The molecule has 0 unspecified atom stereocenters. The molecular weight excluding hydrogens is 266 g/mol. The fourth-order valence-corrected chi connectivity index (χ4v) is 1.14. The van der Waals surface area contributed by atoms with Crippen LogP contribution >= 0.6 is 0 Å². The van der Waals surface area contributed by atoms with Crippen LogP contribution in [-0.4, -0.2) is 52.0 Å². The second kappa shape index (κ2) is 8.95. The predicted octanol–water partition coefficient (Wildman–Crippen LogP) is -0.537. The number of carbonyl (C=O) groups is 3. The molecule has 0 spiro atoms. The lowest BCUT2D eigenvalue weighted by Crippen LogP contribution is -2.46. The lowest BCUT2D eigenvalue weighted by molar-refractivity contribution is -0.152. The first-order valence-corrected chi connectivity index (χ1v) is 6.06. The molecular formula is C12H20N3O5+. The Labute approximate surface area is 118 Å². The third-order valence-electron chi connectivity index (χ3n) is 2.07. The van der Waals surface area contributed by atoms with Crippen molar-refractivity contribution < 1.29 is 30.4 Å². The Morgan fingerprint density at radius 2 is 2.05 bits per heavy atom. The van der Waals surface area contributed by atoms with Crippen molar-refractivity contribution in [2.24, 2.45) is 0 Å². The first kappa shape index (κ1) is 16.0. The van der Waals surface area contributed by atoms with Crippen molar-refractivity contribution >= 4 is 23.9 Å². The molecule has 2 atom stereocenters. The molecule has 0 aromatic heterocycles. The van der Waals surface area contributed by atoms with Gasteiger partial charge in [0.05, 0.1) is 17.8 Å². The van der Waals surface area contributed by atoms with Crippen LogP contribution in [0.1, 0.15) is 35.0 Å². The number of esters is 1. The molecule has 0 aliphatic heterocycles. The second-order valence-corrected chi connectivity index (χ2v) is 4.32. The summed E-state index contributed by atoms with van der Waals surface area (Å²) < 4.78 is 12.9. The zero-order valence-electron chi connectivity index (χ0n) is 12.7. The van der Waals surface area contributed by atoms with Crippen LogP contribution in [0.3, 0.4) is 0 Å². The molecule has 1 amide bonds. The number of ketones is 1. The van der Waals surface area contributed by atoms with Gasteiger partial charge in [0.25, 0.3) is 0 Å². The van der Waals surface area contributed by atoms with E-state index in [1.807, 2.05) is 0 Å². The number of carbonyl (C=O) groups excluding carboxylic acids is 3. The maximum atomic E-state index is 11.9. The molecule has 0 saturated carbocycles. The summed E-state index contributed by atoms with van der Waals surface area (Å²) in [6, 6.07) is -2.19. The van der Waals surface area contributed by atoms with Gasteiger partial charge in [0.15, 0.2) is 0 Å². The number of Topliss-reactive ketones (excluding diaryl/α,β-unsaturated/α-hetero) is 1. The minimum Gasteiger partial charge on any atom is -0.461 e. The SMILES string of the molecule is [2H][C@](CCC(=O)C=[N+]=N)(NC(=O)[C@H](C)O)C(=O)OC(C)C. The van der Waals surface area contributed by atoms with Crippen LogP contribution in [0.15, 0.2) is 0 Å². The molecule has 0 bridgehead atoms. The number of aliphatic hydroxyl groups excluding tert-OH is 1. The van der Waals surface area contributed by atoms with Crippen molar-refractivity contribution in [1.29, 1.82) is 5.53 Å². The summed E-state index contributed by atoms with van der Waals surface area (Å²) in [5, 5.41) is 11.2. The number of hydrogen-bond donors (Lipinski definition) is 3. The molecule has 112 valence electrons. The van der Waals surface area contributed by atoms with E-state index in [-0.39, 0.29) is 12.8 Å². The van der Waals surface area contributed by atoms with E-state index in [0.717, 1.165) is 6.21 Å². The van der Waals surface area contributed by atoms with Crippen LogP contribution in [0.2, 0.25) is 0 Å². The van der Waals surface area contributed by atoms with Crippen molar-refractivity contribution in [3.63, 3.8) is 0 Å². The maximum absolute atomic E-state index is 11.9. The normalized spacial score (nSPS) is 15.3. The molecule has 0 aromatic carbocycles. The van der Waals surface area contributed by atoms with Gasteiger partial charge in [0.2, 0.25) is 11.7 Å². The highest BCUT2D eigenvalue weighted by Crippen LogP contribution is 2.03. The monoisotopic (exact) mass is 287 g/mol. The molecule has 0 saturated heterocycles. The fourth-order valence-electron chi connectivity index (χ4n) is 1.14. The van der Waals surface area contributed by atoms with Gasteiger partial charge in [-0.1, -0.05) is 0 Å². The number of rotatable bonds is 8. The van der Waals surface area contributed by atoms with Crippen LogP contribution in [0.4, 0.5) is 0 Å². The molecule has 20 heavy (non-hydrogen) atoms. The summed E-state index contributed by atoms with van der Waals surface area (Å²) >= 11 is 0. The molecule has 0 aliphatic rings. The highest BCUT2D eigenvalue weighted by Gasteiger charge is 2.25. The van der Waals surface area contributed by atoms with E-state index in [4.69, 9.17) is 16.7 Å². The number of nitrogens with zero attached hydrogens (tertiary/aromatic N) is 1. The highest BCUT2D eigenvalue weighted by atomic mass is 16.5. The first-order valence-electron chi connectivity index (χ1n) is 6.56. The highest BCUT2D eigenvalue weighted by molar-refractivity contribution is 6.25. The average molecular weight is 287 g/mol. The standard InChI is InChI=1S/C12H19N3O5/c1-7(2)20-12(19)10(15-11(18)8(3)16)5-4-9(17)6-14-13/h6-8,10,13,16H,4-5H2,1-3H3/p+1/t8-,10+/m0/s1/i10D. The van der Waals surface area contributed by atoms with Crippen molar-refractivity contribution in [3.05, 3.63) is 0 Å². The minimum absolute atomic E-state index is 0.279. The van der Waals surface area contributed by atoms with Gasteiger partial charge in [0, 0.05) is 6.42 Å². The third-order valence-corrected chi connectivity index (χ3v) is 2.07. The Balaban J connectivity index is 5.06. The molecule has 3 N–H and O–H groups in total. The number of amides is 1. The molecule has 0 fully saturated rings. The van der Waals surface area contributed by atoms with E-state index in [9.17, 15) is 14.4 Å². The maximum Gasteiger partial charge on any atom is 0.372 e. The summed E-state index contributed by atoms with van der Waals surface area (Å²) in [7, 11) is 0. The van der Waals surface area contributed by atoms with Crippen LogP contribution < -0.4 is 5.32 Å². The summed E-state index contributed by atoms with van der Waals surface area (Å²) in [5.41, 5.74) is 6.52. The van der Waals surface area contributed by atoms with Gasteiger partial charge in [0.1, 0.15) is 12.1 Å². The van der Waals surface area contributed by atoms with Crippen LogP contribution in [0.25, 0.3) is 0 Å². The van der Waals surface area contributed by atoms with Gasteiger partial charge in [-0.25, -0.2) is 4.79 Å². The lowest BCUT2D eigenvalue weighted by Gasteiger charge is -2.19. The molecule has 0 heterocycles. The second-order valence-electron chi connectivity index (χ2n) is 4.32. The Kier molecular flexibility index (Phi) is 7.16. The van der Waals surface area contributed by atoms with E-state index in [0.29, 0.717) is 0 Å². The fraction of sp³-hybridized carbons (Fsp3) is 0.667. The summed E-state index contributed by atoms with van der Waals surface area (Å²) in [6.07, 6.45) is -1.81. The number of ether oxygens (including phenoxy) is 1. The predicted molar refractivity (Wildman–Crippen MR) is 68.1 cm³/mol. The Morgan fingerprint density at radius 3 is 2.50 bits per heavy atom. The topological polar surface area (TPSA) is 131 Å². The molecule has 0 aromatic rings. The molecule has 8 heteroatoms. The number of nitrogens with one attached hydrogen (secondary N) is 2. The van der Waals surface area contributed by atoms with Gasteiger partial charge in [-0.2, -0.15) is 0 Å². The smallest absolute Gasteiger partial charge is 0.372 e. The molecule has 0 radical (unpaired) electrons. The largest absolute Gasteiger partial charge is 0.461 e. The van der Waals surface area contributed by atoms with Crippen LogP contribution in [0.5, 0.6) is 0 Å². The zero-order valence-corrected chi connectivity index (χ0v) is 11.7. The number of aliphatic hydroxyl groups is 1. The number of hydrogen-bond acceptors (Lipinski definition) is 6. The van der Waals surface area contributed by atoms with E-state index in [2.05, 4.69) is 10.1 Å². The van der Waals surface area contributed by atoms with Crippen LogP contribution in [0, 0.1) is 5.53 Å². The van der Waals surface area contributed by atoms with Crippen LogP contribution in [-0.2, 0) is 19.1 Å². The third kappa shape index (κ3) is 7.40. The van der Waals surface area contributed by atoms with Crippen molar-refractivity contribution in [2.45, 2.75) is 51.8 Å². The Morgan fingerprint density at radius 1 is 1.45 bits per heavy atom. The lowest BCUT2D eigenvalue weighted by atomic mass is 10.1. The first-order chi connectivity index (χ1) is 9.62. The van der Waals surface area contributed by atoms with Crippen molar-refractivity contribution in [1.82, 2.24) is 5.32 Å². The molecule has 8 nitrogen and oxygen atoms in total. The quantitative estimate of drug-likeness (QED) is 0.239. The Bertz CT molecular complexity index is 460. The van der Waals surface area contributed by atoms with Gasteiger partial charge in [-0.3, -0.25) is 9.59 Å². The zero-order chi connectivity index (χ0) is 16.6. The van der Waals surface area contributed by atoms with Gasteiger partial charge < -0.3 is 15.2 Å². The van der Waals surface area contributed by atoms with E-state index < -0.39 is 35.9 Å². The van der Waals surface area contributed by atoms with E-state index in [1.165, 1.54) is 6.92 Å². The molecule has 0 rings (SSSR count). The van der Waals surface area contributed by atoms with E-state index >= 15 is 0 Å². The van der Waals surface area contributed by atoms with Crippen molar-refractivity contribution in [2.75, 3.05) is 0 Å². The Hall–Kier alpha value is -2.05.